The lowest BCUT2D eigenvalue weighted by atomic mass is 10.2. The molecule has 1 aromatic carbocycles. The molecule has 0 bridgehead atoms. The van der Waals surface area contributed by atoms with Crippen LogP contribution in [-0.4, -0.2) is 42.9 Å². The minimum absolute atomic E-state index is 0.0159. The lowest BCUT2D eigenvalue weighted by Gasteiger charge is -2.20. The van der Waals surface area contributed by atoms with Crippen molar-refractivity contribution in [2.24, 2.45) is 4.99 Å². The third kappa shape index (κ3) is 6.43. The van der Waals surface area contributed by atoms with Crippen LogP contribution >= 0.6 is 0 Å². The molecule has 0 heterocycles. The van der Waals surface area contributed by atoms with E-state index < -0.39 is 0 Å². The zero-order valence-electron chi connectivity index (χ0n) is 13.5. The van der Waals surface area contributed by atoms with Gasteiger partial charge in [0.05, 0.1) is 0 Å². The Balaban J connectivity index is 2.61. The number of likely N-dealkylation sites (N-methyl/N-ethyl adjacent to an activating group) is 1. The number of carbonyl (C=O) groups is 1. The standard InChI is InChI=1S/C17H26N4O/c1-4-12-19-17(18-5-2)20-13-16(22)21(6-3)14-15-10-8-7-9-11-15/h4,7-11H,1,5-6,12-14H2,2-3H3,(H2,18,19,20). The van der Waals surface area contributed by atoms with Gasteiger partial charge in [0.1, 0.15) is 6.54 Å². The molecule has 1 amide bonds. The van der Waals surface area contributed by atoms with Crippen LogP contribution in [-0.2, 0) is 11.3 Å². The Kier molecular flexibility index (Phi) is 8.42. The SMILES string of the molecule is C=CCNC(=NCC(=O)N(CC)Cc1ccccc1)NCC. The number of hydrogen-bond donors (Lipinski definition) is 2. The summed E-state index contributed by atoms with van der Waals surface area (Å²) >= 11 is 0. The van der Waals surface area contributed by atoms with Crippen LogP contribution in [0.25, 0.3) is 0 Å². The molecule has 5 nitrogen and oxygen atoms in total. The second kappa shape index (κ2) is 10.4. The van der Waals surface area contributed by atoms with Gasteiger partial charge in [-0.05, 0) is 19.4 Å². The van der Waals surface area contributed by atoms with Gasteiger partial charge >= 0.3 is 0 Å². The van der Waals surface area contributed by atoms with Gasteiger partial charge in [0, 0.05) is 26.2 Å². The van der Waals surface area contributed by atoms with E-state index in [2.05, 4.69) is 22.2 Å². The highest BCUT2D eigenvalue weighted by Crippen LogP contribution is 2.04. The molecule has 0 aliphatic carbocycles. The Morgan fingerprint density at radius 1 is 1.27 bits per heavy atom. The van der Waals surface area contributed by atoms with E-state index in [0.29, 0.717) is 25.6 Å². The van der Waals surface area contributed by atoms with Gasteiger partial charge in [0.2, 0.25) is 5.91 Å². The van der Waals surface area contributed by atoms with E-state index in [1.165, 1.54) is 0 Å². The second-order valence-corrected chi connectivity index (χ2v) is 4.76. The highest BCUT2D eigenvalue weighted by molar-refractivity contribution is 5.85. The largest absolute Gasteiger partial charge is 0.357 e. The fraction of sp³-hybridized carbons (Fsp3) is 0.412. The maximum atomic E-state index is 12.3. The first-order valence-corrected chi connectivity index (χ1v) is 7.66. The van der Waals surface area contributed by atoms with Crippen molar-refractivity contribution in [2.75, 3.05) is 26.2 Å². The maximum Gasteiger partial charge on any atom is 0.244 e. The second-order valence-electron chi connectivity index (χ2n) is 4.76. The van der Waals surface area contributed by atoms with Gasteiger partial charge in [-0.2, -0.15) is 0 Å². The molecule has 0 atom stereocenters. The Bertz CT molecular complexity index is 485. The van der Waals surface area contributed by atoms with Crippen LogP contribution in [0.1, 0.15) is 19.4 Å². The van der Waals surface area contributed by atoms with Crippen LogP contribution in [0.5, 0.6) is 0 Å². The number of hydrogen-bond acceptors (Lipinski definition) is 2. The van der Waals surface area contributed by atoms with Crippen molar-refractivity contribution in [3.05, 3.63) is 48.6 Å². The fourth-order valence-electron chi connectivity index (χ4n) is 1.94. The fourth-order valence-corrected chi connectivity index (χ4v) is 1.94. The predicted octanol–water partition coefficient (Wildman–Crippen LogP) is 1.78. The van der Waals surface area contributed by atoms with Gasteiger partial charge in [-0.1, -0.05) is 36.4 Å². The summed E-state index contributed by atoms with van der Waals surface area (Å²) < 4.78 is 0. The number of carbonyl (C=O) groups excluding carboxylic acids is 1. The van der Waals surface area contributed by atoms with Crippen molar-refractivity contribution in [2.45, 2.75) is 20.4 Å². The van der Waals surface area contributed by atoms with Gasteiger partial charge < -0.3 is 15.5 Å². The van der Waals surface area contributed by atoms with E-state index in [1.54, 1.807) is 11.0 Å². The van der Waals surface area contributed by atoms with E-state index >= 15 is 0 Å². The van der Waals surface area contributed by atoms with Crippen molar-refractivity contribution in [1.29, 1.82) is 0 Å². The van der Waals surface area contributed by atoms with Crippen LogP contribution < -0.4 is 10.6 Å². The zero-order valence-corrected chi connectivity index (χ0v) is 13.5. The van der Waals surface area contributed by atoms with Crippen LogP contribution in [0.2, 0.25) is 0 Å². The smallest absolute Gasteiger partial charge is 0.244 e. The Morgan fingerprint density at radius 2 is 2.00 bits per heavy atom. The Hall–Kier alpha value is -2.30. The number of nitrogens with one attached hydrogen (secondary N) is 2. The number of benzene rings is 1. The lowest BCUT2D eigenvalue weighted by molar-refractivity contribution is -0.130. The average Bonchev–Trinajstić information content (AvgIpc) is 2.55. The highest BCUT2D eigenvalue weighted by Gasteiger charge is 2.11. The molecular formula is C17H26N4O. The van der Waals surface area contributed by atoms with E-state index in [-0.39, 0.29) is 12.5 Å². The molecule has 1 aromatic rings. The van der Waals surface area contributed by atoms with Crippen molar-refractivity contribution in [3.8, 4) is 0 Å². The normalized spacial score (nSPS) is 10.9. The molecule has 1 rings (SSSR count). The predicted molar refractivity (Wildman–Crippen MR) is 91.7 cm³/mol. The van der Waals surface area contributed by atoms with Crippen molar-refractivity contribution < 1.29 is 4.79 Å². The molecule has 2 N–H and O–H groups in total. The number of amides is 1. The van der Waals surface area contributed by atoms with Gasteiger partial charge in [-0.3, -0.25) is 4.79 Å². The topological polar surface area (TPSA) is 56.7 Å². The molecule has 5 heteroatoms. The van der Waals surface area contributed by atoms with Gasteiger partial charge in [-0.15, -0.1) is 6.58 Å². The Morgan fingerprint density at radius 3 is 2.59 bits per heavy atom. The molecule has 0 saturated heterocycles. The summed E-state index contributed by atoms with van der Waals surface area (Å²) in [6.07, 6.45) is 1.75. The van der Waals surface area contributed by atoms with E-state index in [4.69, 9.17) is 0 Å². The molecule has 0 radical (unpaired) electrons. The summed E-state index contributed by atoms with van der Waals surface area (Å²) in [4.78, 5) is 18.4. The molecular weight excluding hydrogens is 276 g/mol. The number of nitrogens with zero attached hydrogens (tertiary/aromatic N) is 2. The average molecular weight is 302 g/mol. The molecule has 0 aromatic heterocycles. The van der Waals surface area contributed by atoms with Gasteiger partial charge in [0.25, 0.3) is 0 Å². The zero-order chi connectivity index (χ0) is 16.2. The quantitative estimate of drug-likeness (QED) is 0.437. The molecule has 0 saturated carbocycles. The molecule has 0 aliphatic rings. The van der Waals surface area contributed by atoms with E-state index in [9.17, 15) is 4.79 Å². The van der Waals surface area contributed by atoms with E-state index in [1.807, 2.05) is 44.2 Å². The number of guanidine groups is 1. The number of aliphatic imine (C=N–C) groups is 1. The minimum Gasteiger partial charge on any atom is -0.357 e. The third-order valence-corrected chi connectivity index (χ3v) is 3.08. The van der Waals surface area contributed by atoms with Gasteiger partial charge in [0.15, 0.2) is 5.96 Å². The van der Waals surface area contributed by atoms with Crippen LogP contribution in [0.15, 0.2) is 48.0 Å². The molecule has 22 heavy (non-hydrogen) atoms. The monoisotopic (exact) mass is 302 g/mol. The summed E-state index contributed by atoms with van der Waals surface area (Å²) in [7, 11) is 0. The van der Waals surface area contributed by atoms with Crippen LogP contribution in [0.3, 0.4) is 0 Å². The Labute approximate surface area is 133 Å². The number of rotatable bonds is 8. The summed E-state index contributed by atoms with van der Waals surface area (Å²) in [5, 5.41) is 6.18. The first-order chi connectivity index (χ1) is 10.7. The lowest BCUT2D eigenvalue weighted by Crippen LogP contribution is -2.39. The van der Waals surface area contributed by atoms with E-state index in [0.717, 1.165) is 12.1 Å². The minimum atomic E-state index is 0.0159. The summed E-state index contributed by atoms with van der Waals surface area (Å²) in [6, 6.07) is 9.98. The molecule has 0 fully saturated rings. The highest BCUT2D eigenvalue weighted by atomic mass is 16.2. The van der Waals surface area contributed by atoms with Crippen LogP contribution in [0, 0.1) is 0 Å². The summed E-state index contributed by atoms with van der Waals surface area (Å²) in [5.41, 5.74) is 1.12. The van der Waals surface area contributed by atoms with Crippen LogP contribution in [0.4, 0.5) is 0 Å². The third-order valence-electron chi connectivity index (χ3n) is 3.08. The first kappa shape index (κ1) is 17.8. The molecule has 0 spiro atoms. The van der Waals surface area contributed by atoms with Gasteiger partial charge in [-0.25, -0.2) is 4.99 Å². The van der Waals surface area contributed by atoms with Crippen molar-refractivity contribution in [3.63, 3.8) is 0 Å². The first-order valence-electron chi connectivity index (χ1n) is 7.66. The summed E-state index contributed by atoms with van der Waals surface area (Å²) in [5.74, 6) is 0.647. The molecule has 0 unspecified atom stereocenters. The van der Waals surface area contributed by atoms with Crippen molar-refractivity contribution >= 4 is 11.9 Å². The molecule has 120 valence electrons. The summed E-state index contributed by atoms with van der Waals surface area (Å²) in [6.45, 7) is 10.4. The van der Waals surface area contributed by atoms with Crippen molar-refractivity contribution in [1.82, 2.24) is 15.5 Å². The molecule has 0 aliphatic heterocycles. The maximum absolute atomic E-state index is 12.3.